The number of carboxylic acid groups (broad SMARTS) is 1. The van der Waals surface area contributed by atoms with E-state index in [9.17, 15) is 26.7 Å². The maximum Gasteiger partial charge on any atom is 0.323 e. The molecular weight excluding hydrogens is 508 g/mol. The first-order valence-electron chi connectivity index (χ1n) is 11.4. The van der Waals surface area contributed by atoms with Crippen molar-refractivity contribution in [3.8, 4) is 5.75 Å². The molecule has 0 saturated carbocycles. The Bertz CT molecular complexity index is 1490. The van der Waals surface area contributed by atoms with Crippen molar-refractivity contribution in [1.29, 1.82) is 0 Å². The van der Waals surface area contributed by atoms with Gasteiger partial charge in [0.2, 0.25) is 10.0 Å². The molecule has 1 aromatic carbocycles. The number of nitrogens with zero attached hydrogens (tertiary/aromatic N) is 3. The monoisotopic (exact) mass is 536 g/mol. The van der Waals surface area contributed by atoms with Crippen molar-refractivity contribution in [3.05, 3.63) is 48.2 Å². The van der Waals surface area contributed by atoms with Gasteiger partial charge in [0.1, 0.15) is 17.9 Å². The summed E-state index contributed by atoms with van der Waals surface area (Å²) in [5, 5.41) is 14.8. The highest BCUT2D eigenvalue weighted by atomic mass is 32.2. The van der Waals surface area contributed by atoms with Gasteiger partial charge in [-0.2, -0.15) is 4.31 Å². The molecule has 3 N–H and O–H groups in total. The minimum absolute atomic E-state index is 0.0190. The number of primary sulfonamides is 1. The molecule has 36 heavy (non-hydrogen) atoms. The second kappa shape index (κ2) is 9.81. The van der Waals surface area contributed by atoms with Gasteiger partial charge in [0, 0.05) is 24.7 Å². The van der Waals surface area contributed by atoms with Crippen LogP contribution in [0.25, 0.3) is 11.0 Å². The first-order chi connectivity index (χ1) is 16.9. The number of rotatable bonds is 8. The van der Waals surface area contributed by atoms with Gasteiger partial charge in [-0.05, 0) is 74.6 Å². The molecule has 3 aromatic rings. The molecule has 0 atom stereocenters. The quantitative estimate of drug-likeness (QED) is 0.442. The maximum absolute atomic E-state index is 13.2. The van der Waals surface area contributed by atoms with Crippen LogP contribution >= 0.6 is 0 Å². The summed E-state index contributed by atoms with van der Waals surface area (Å²) in [6.07, 6.45) is 2.66. The molecule has 194 valence electrons. The lowest BCUT2D eigenvalue weighted by molar-refractivity contribution is -0.137. The number of benzene rings is 1. The molecule has 0 radical (unpaired) electrons. The van der Waals surface area contributed by atoms with E-state index < -0.39 is 32.6 Å². The fourth-order valence-electron chi connectivity index (χ4n) is 4.44. The third-order valence-corrected chi connectivity index (χ3v) is 8.77. The van der Waals surface area contributed by atoms with Gasteiger partial charge in [-0.1, -0.05) is 0 Å². The number of ether oxygens (including phenoxy) is 1. The molecule has 4 rings (SSSR count). The van der Waals surface area contributed by atoms with Gasteiger partial charge in [0.25, 0.3) is 10.0 Å². The van der Waals surface area contributed by atoms with Crippen LogP contribution in [-0.2, 0) is 31.4 Å². The number of piperidine rings is 1. The lowest BCUT2D eigenvalue weighted by atomic mass is 9.90. The Kier molecular flexibility index (Phi) is 7.10. The average molecular weight is 537 g/mol. The van der Waals surface area contributed by atoms with Crippen molar-refractivity contribution in [3.63, 3.8) is 0 Å². The predicted molar refractivity (Wildman–Crippen MR) is 132 cm³/mol. The van der Waals surface area contributed by atoms with E-state index in [1.807, 2.05) is 13.8 Å². The molecule has 13 heteroatoms. The number of carboxylic acids is 1. The zero-order valence-electron chi connectivity index (χ0n) is 19.9. The number of pyridine rings is 1. The minimum atomic E-state index is -4.07. The van der Waals surface area contributed by atoms with Crippen LogP contribution in [-0.4, -0.2) is 61.0 Å². The number of fused-ring (bicyclic) bond motifs is 1. The van der Waals surface area contributed by atoms with Crippen molar-refractivity contribution in [2.75, 3.05) is 13.1 Å². The number of nitrogens with two attached hydrogens (primary N) is 1. The van der Waals surface area contributed by atoms with Gasteiger partial charge >= 0.3 is 5.97 Å². The van der Waals surface area contributed by atoms with E-state index in [0.29, 0.717) is 24.0 Å². The first kappa shape index (κ1) is 26.1. The summed E-state index contributed by atoms with van der Waals surface area (Å²) >= 11 is 0. The highest BCUT2D eigenvalue weighted by molar-refractivity contribution is 7.89. The molecule has 0 aliphatic carbocycles. The summed E-state index contributed by atoms with van der Waals surface area (Å²) in [6, 6.07) is 9.21. The molecule has 0 bridgehead atoms. The third kappa shape index (κ3) is 5.38. The first-order valence-corrected chi connectivity index (χ1v) is 14.4. The Hall–Kier alpha value is -3.00. The number of aliphatic carboxylic acids is 1. The van der Waals surface area contributed by atoms with E-state index in [-0.39, 0.29) is 40.7 Å². The minimum Gasteiger partial charge on any atom is -0.491 e. The number of hydrogen-bond donors (Lipinski definition) is 2. The number of carbonyl (C=O) groups is 1. The van der Waals surface area contributed by atoms with Gasteiger partial charge in [-0.25, -0.2) is 27.0 Å². The van der Waals surface area contributed by atoms with Gasteiger partial charge in [0.05, 0.1) is 11.0 Å². The Labute approximate surface area is 209 Å². The Balaban J connectivity index is 1.56. The molecular formula is C23H28N4O7S2. The van der Waals surface area contributed by atoms with Crippen molar-refractivity contribution in [2.45, 2.75) is 55.2 Å². The van der Waals surface area contributed by atoms with Gasteiger partial charge in [-0.15, -0.1) is 0 Å². The molecule has 0 amide bonds. The average Bonchev–Trinajstić information content (AvgIpc) is 3.15. The lowest BCUT2D eigenvalue weighted by Crippen LogP contribution is -2.37. The van der Waals surface area contributed by atoms with Crippen LogP contribution < -0.4 is 9.88 Å². The zero-order valence-corrected chi connectivity index (χ0v) is 21.5. The summed E-state index contributed by atoms with van der Waals surface area (Å²) in [4.78, 5) is 15.7. The van der Waals surface area contributed by atoms with Crippen molar-refractivity contribution in [1.82, 2.24) is 13.9 Å². The predicted octanol–water partition coefficient (Wildman–Crippen LogP) is 2.12. The molecule has 1 fully saturated rings. The van der Waals surface area contributed by atoms with Crippen LogP contribution in [0.4, 0.5) is 0 Å². The highest BCUT2D eigenvalue weighted by Gasteiger charge is 2.31. The normalized spacial score (nSPS) is 16.0. The van der Waals surface area contributed by atoms with Crippen LogP contribution in [0.2, 0.25) is 0 Å². The number of sulfonamides is 2. The molecule has 1 aliphatic rings. The molecule has 1 aliphatic heterocycles. The highest BCUT2D eigenvalue weighted by Crippen LogP contribution is 2.36. The van der Waals surface area contributed by atoms with E-state index in [1.54, 1.807) is 24.4 Å². The summed E-state index contributed by atoms with van der Waals surface area (Å²) < 4.78 is 58.2. The Morgan fingerprint density at radius 2 is 1.75 bits per heavy atom. The van der Waals surface area contributed by atoms with E-state index >= 15 is 0 Å². The summed E-state index contributed by atoms with van der Waals surface area (Å²) in [5.41, 5.74) is 1.00. The van der Waals surface area contributed by atoms with E-state index in [1.165, 1.54) is 27.1 Å². The standard InChI is InChI=1S/C23H28N4O7S2/c1-15(2)34-17-3-5-18(6-4-17)36(32,33)27-11-9-16(10-12-27)20-13-26(14-22(28)29)23-19(20)7-8-21(25-23)35(24,30)31/h3-8,13,15-16H,9-12,14H2,1-2H3,(H,28,29)(H2,24,30,31). The Morgan fingerprint density at radius 3 is 2.31 bits per heavy atom. The van der Waals surface area contributed by atoms with Gasteiger partial charge < -0.3 is 14.4 Å². The summed E-state index contributed by atoms with van der Waals surface area (Å²) in [7, 11) is -7.75. The van der Waals surface area contributed by atoms with Crippen LogP contribution in [0.5, 0.6) is 5.75 Å². The van der Waals surface area contributed by atoms with Crippen LogP contribution in [0, 0.1) is 0 Å². The largest absolute Gasteiger partial charge is 0.491 e. The van der Waals surface area contributed by atoms with E-state index in [0.717, 1.165) is 5.56 Å². The molecule has 3 heterocycles. The summed E-state index contributed by atoms with van der Waals surface area (Å²) in [6.45, 7) is 3.95. The Morgan fingerprint density at radius 1 is 1.11 bits per heavy atom. The molecule has 0 spiro atoms. The van der Waals surface area contributed by atoms with Gasteiger partial charge in [-0.3, -0.25) is 4.79 Å². The van der Waals surface area contributed by atoms with Gasteiger partial charge in [0.15, 0.2) is 5.03 Å². The van der Waals surface area contributed by atoms with Crippen LogP contribution in [0.1, 0.15) is 38.2 Å². The fourth-order valence-corrected chi connectivity index (χ4v) is 6.38. The number of aromatic nitrogens is 2. The van der Waals surface area contributed by atoms with E-state index in [4.69, 9.17) is 9.88 Å². The fraction of sp³-hybridized carbons (Fsp3) is 0.391. The smallest absolute Gasteiger partial charge is 0.323 e. The van der Waals surface area contributed by atoms with Crippen LogP contribution in [0.3, 0.4) is 0 Å². The maximum atomic E-state index is 13.2. The van der Waals surface area contributed by atoms with E-state index in [2.05, 4.69) is 4.98 Å². The SMILES string of the molecule is CC(C)Oc1ccc(S(=O)(=O)N2CCC(c3cn(CC(=O)O)c4nc(S(N)(=O)=O)ccc34)CC2)cc1. The second-order valence-electron chi connectivity index (χ2n) is 8.99. The lowest BCUT2D eigenvalue weighted by Gasteiger charge is -2.31. The zero-order chi connectivity index (χ0) is 26.3. The third-order valence-electron chi connectivity index (χ3n) is 6.05. The molecule has 2 aromatic heterocycles. The number of hydrogen-bond acceptors (Lipinski definition) is 7. The molecule has 1 saturated heterocycles. The second-order valence-corrected chi connectivity index (χ2v) is 12.4. The van der Waals surface area contributed by atoms with Crippen LogP contribution in [0.15, 0.2) is 52.5 Å². The van der Waals surface area contributed by atoms with Crippen molar-refractivity contribution in [2.24, 2.45) is 5.14 Å². The summed E-state index contributed by atoms with van der Waals surface area (Å²) in [5.74, 6) is -0.565. The van der Waals surface area contributed by atoms with Crippen molar-refractivity contribution < 1.29 is 31.5 Å². The molecule has 0 unspecified atom stereocenters. The molecule has 11 nitrogen and oxygen atoms in total. The van der Waals surface area contributed by atoms with Crippen molar-refractivity contribution >= 4 is 37.0 Å². The topological polar surface area (TPSA) is 162 Å².